The zero-order valence-electron chi connectivity index (χ0n) is 12.1. The number of non-ortho nitro benzene ring substituents is 1. The Hall–Kier alpha value is -2.08. The molecule has 112 valence electrons. The number of pyridine rings is 1. The van der Waals surface area contributed by atoms with Crippen LogP contribution in [-0.4, -0.2) is 22.5 Å². The molecule has 1 heterocycles. The molecule has 1 N–H and O–H groups in total. The molecule has 1 unspecified atom stereocenters. The number of benzene rings is 1. The van der Waals surface area contributed by atoms with Crippen molar-refractivity contribution in [1.29, 1.82) is 0 Å². The highest BCUT2D eigenvalue weighted by Crippen LogP contribution is 2.30. The minimum absolute atomic E-state index is 0.121. The van der Waals surface area contributed by atoms with Crippen molar-refractivity contribution in [2.24, 2.45) is 0 Å². The first-order chi connectivity index (χ1) is 10.1. The average Bonchev–Trinajstić information content (AvgIpc) is 2.48. The lowest BCUT2D eigenvalue weighted by molar-refractivity contribution is -0.383. The number of hydrogen-bond donors (Lipinski definition) is 1. The summed E-state index contributed by atoms with van der Waals surface area (Å²) in [5.41, 5.74) is 0.570. The largest absolute Gasteiger partial charge is 0.314 e. The van der Waals surface area contributed by atoms with Crippen LogP contribution in [0.5, 0.6) is 0 Å². The van der Waals surface area contributed by atoms with Gasteiger partial charge in [-0.3, -0.25) is 15.1 Å². The van der Waals surface area contributed by atoms with Crippen molar-refractivity contribution in [3.8, 4) is 0 Å². The van der Waals surface area contributed by atoms with Gasteiger partial charge >= 0.3 is 0 Å². The molecule has 0 aliphatic heterocycles. The zero-order valence-corrected chi connectivity index (χ0v) is 12.1. The Bertz CT molecular complexity index is 661. The summed E-state index contributed by atoms with van der Waals surface area (Å²) in [6.07, 6.45) is 2.84. The van der Waals surface area contributed by atoms with Crippen molar-refractivity contribution >= 4 is 16.6 Å². The van der Waals surface area contributed by atoms with Crippen LogP contribution in [0.3, 0.4) is 0 Å². The molecule has 0 saturated carbocycles. The predicted molar refractivity (Wildman–Crippen MR) is 79.8 cm³/mol. The minimum Gasteiger partial charge on any atom is -0.314 e. The number of hydrogen-bond acceptors (Lipinski definition) is 4. The molecule has 0 aliphatic rings. The van der Waals surface area contributed by atoms with Crippen molar-refractivity contribution in [2.75, 3.05) is 6.54 Å². The number of nitrogens with one attached hydrogen (secondary N) is 1. The number of fused-ring (bicyclic) bond motifs is 1. The standard InChI is InChI=1S/C15H18FN3O2/c1-3-10(17-4-2)8-12-13(16)9-14(19(20)21)11-6-5-7-18-15(11)12/h5-7,9-10,17H,3-4,8H2,1-2H3. The van der Waals surface area contributed by atoms with Crippen molar-refractivity contribution < 1.29 is 9.31 Å². The van der Waals surface area contributed by atoms with Crippen LogP contribution in [0.15, 0.2) is 24.4 Å². The molecular formula is C15H18FN3O2. The van der Waals surface area contributed by atoms with Gasteiger partial charge in [0.15, 0.2) is 0 Å². The van der Waals surface area contributed by atoms with Gasteiger partial charge < -0.3 is 5.32 Å². The maximum atomic E-state index is 14.3. The van der Waals surface area contributed by atoms with Gasteiger partial charge in [0.05, 0.1) is 21.9 Å². The Morgan fingerprint density at radius 1 is 1.48 bits per heavy atom. The normalized spacial score (nSPS) is 12.5. The molecule has 0 saturated heterocycles. The van der Waals surface area contributed by atoms with Gasteiger partial charge in [0.2, 0.25) is 0 Å². The Labute approximate surface area is 122 Å². The molecule has 1 aromatic heterocycles. The molecule has 5 nitrogen and oxygen atoms in total. The fourth-order valence-corrected chi connectivity index (χ4v) is 2.49. The predicted octanol–water partition coefficient (Wildman–Crippen LogP) is 3.21. The number of likely N-dealkylation sites (N-methyl/N-ethyl adjacent to an activating group) is 1. The summed E-state index contributed by atoms with van der Waals surface area (Å²) in [5.74, 6) is -0.566. The second-order valence-corrected chi connectivity index (χ2v) is 4.88. The topological polar surface area (TPSA) is 68.1 Å². The van der Waals surface area contributed by atoms with E-state index in [1.165, 1.54) is 6.20 Å². The monoisotopic (exact) mass is 291 g/mol. The number of aromatic nitrogens is 1. The number of nitro benzene ring substituents is 1. The molecule has 0 spiro atoms. The van der Waals surface area contributed by atoms with Crippen molar-refractivity contribution in [1.82, 2.24) is 10.3 Å². The molecule has 0 amide bonds. The molecular weight excluding hydrogens is 273 g/mol. The summed E-state index contributed by atoms with van der Waals surface area (Å²) >= 11 is 0. The van der Waals surface area contributed by atoms with Gasteiger partial charge in [-0.1, -0.05) is 13.8 Å². The summed E-state index contributed by atoms with van der Waals surface area (Å²) in [6, 6.07) is 4.35. The molecule has 1 aromatic carbocycles. The Morgan fingerprint density at radius 2 is 2.24 bits per heavy atom. The van der Waals surface area contributed by atoms with Gasteiger partial charge in [-0.2, -0.15) is 0 Å². The van der Waals surface area contributed by atoms with E-state index in [4.69, 9.17) is 0 Å². The molecule has 1 atom stereocenters. The SMILES string of the molecule is CCNC(CC)Cc1c(F)cc([N+](=O)[O-])c2cccnc12. The van der Waals surface area contributed by atoms with Crippen LogP contribution in [0.2, 0.25) is 0 Å². The minimum atomic E-state index is -0.571. The fourth-order valence-electron chi connectivity index (χ4n) is 2.49. The van der Waals surface area contributed by atoms with Crippen molar-refractivity contribution in [3.63, 3.8) is 0 Å². The smallest absolute Gasteiger partial charge is 0.281 e. The van der Waals surface area contributed by atoms with E-state index in [0.717, 1.165) is 19.0 Å². The number of nitro groups is 1. The Balaban J connectivity index is 2.56. The highest BCUT2D eigenvalue weighted by molar-refractivity contribution is 5.90. The molecule has 0 bridgehead atoms. The number of rotatable bonds is 6. The summed E-state index contributed by atoms with van der Waals surface area (Å²) in [5, 5.41) is 14.7. The number of nitrogens with zero attached hydrogens (tertiary/aromatic N) is 2. The van der Waals surface area contributed by atoms with Crippen LogP contribution in [0.1, 0.15) is 25.8 Å². The molecule has 2 rings (SSSR count). The van der Waals surface area contributed by atoms with E-state index < -0.39 is 10.7 Å². The molecule has 6 heteroatoms. The third kappa shape index (κ3) is 3.16. The van der Waals surface area contributed by atoms with E-state index in [2.05, 4.69) is 10.3 Å². The van der Waals surface area contributed by atoms with Gasteiger partial charge in [0.25, 0.3) is 5.69 Å². The van der Waals surface area contributed by atoms with Gasteiger partial charge in [-0.15, -0.1) is 0 Å². The second kappa shape index (κ2) is 6.58. The van der Waals surface area contributed by atoms with Crippen LogP contribution in [-0.2, 0) is 6.42 Å². The van der Waals surface area contributed by atoms with Crippen LogP contribution in [0.25, 0.3) is 10.9 Å². The third-order valence-electron chi connectivity index (χ3n) is 3.55. The first-order valence-electron chi connectivity index (χ1n) is 7.02. The maximum absolute atomic E-state index is 14.3. The first-order valence-corrected chi connectivity index (χ1v) is 7.02. The Kier molecular flexibility index (Phi) is 4.80. The van der Waals surface area contributed by atoms with Crippen molar-refractivity contribution in [3.05, 3.63) is 45.9 Å². The fraction of sp³-hybridized carbons (Fsp3) is 0.400. The molecule has 0 aliphatic carbocycles. The van der Waals surface area contributed by atoms with E-state index in [1.807, 2.05) is 13.8 Å². The maximum Gasteiger partial charge on any atom is 0.281 e. The Morgan fingerprint density at radius 3 is 2.86 bits per heavy atom. The quantitative estimate of drug-likeness (QED) is 0.655. The van der Waals surface area contributed by atoms with Crippen LogP contribution < -0.4 is 5.32 Å². The molecule has 0 radical (unpaired) electrons. The van der Waals surface area contributed by atoms with Crippen LogP contribution >= 0.6 is 0 Å². The van der Waals surface area contributed by atoms with Crippen LogP contribution in [0.4, 0.5) is 10.1 Å². The third-order valence-corrected chi connectivity index (χ3v) is 3.55. The van der Waals surface area contributed by atoms with Crippen molar-refractivity contribution in [2.45, 2.75) is 32.7 Å². The second-order valence-electron chi connectivity index (χ2n) is 4.88. The van der Waals surface area contributed by atoms with Gasteiger partial charge in [-0.25, -0.2) is 4.39 Å². The summed E-state index contributed by atoms with van der Waals surface area (Å²) in [4.78, 5) is 14.6. The summed E-state index contributed by atoms with van der Waals surface area (Å²) < 4.78 is 14.3. The molecule has 2 aromatic rings. The summed E-state index contributed by atoms with van der Waals surface area (Å²) in [7, 11) is 0. The van der Waals surface area contributed by atoms with Gasteiger partial charge in [-0.05, 0) is 31.5 Å². The number of halogens is 1. The summed E-state index contributed by atoms with van der Waals surface area (Å²) in [6.45, 7) is 4.80. The molecule has 0 fully saturated rings. The average molecular weight is 291 g/mol. The van der Waals surface area contributed by atoms with Gasteiger partial charge in [0.1, 0.15) is 5.82 Å². The lowest BCUT2D eigenvalue weighted by Crippen LogP contribution is -2.30. The van der Waals surface area contributed by atoms with Crippen LogP contribution in [0, 0.1) is 15.9 Å². The highest BCUT2D eigenvalue weighted by atomic mass is 19.1. The first kappa shape index (κ1) is 15.3. The lowest BCUT2D eigenvalue weighted by atomic mass is 9.99. The molecule has 21 heavy (non-hydrogen) atoms. The van der Waals surface area contributed by atoms with E-state index >= 15 is 0 Å². The van der Waals surface area contributed by atoms with E-state index in [0.29, 0.717) is 22.9 Å². The zero-order chi connectivity index (χ0) is 15.4. The van der Waals surface area contributed by atoms with E-state index in [1.54, 1.807) is 12.1 Å². The van der Waals surface area contributed by atoms with E-state index in [9.17, 15) is 14.5 Å². The lowest BCUT2D eigenvalue weighted by Gasteiger charge is -2.17. The highest BCUT2D eigenvalue weighted by Gasteiger charge is 2.21. The van der Waals surface area contributed by atoms with Gasteiger partial charge in [0, 0.05) is 17.8 Å². The van der Waals surface area contributed by atoms with E-state index in [-0.39, 0.29) is 11.7 Å².